The molecule has 0 spiro atoms. The number of ether oxygens (including phenoxy) is 2. The molecule has 2 aromatic carbocycles. The second kappa shape index (κ2) is 9.94. The summed E-state index contributed by atoms with van der Waals surface area (Å²) in [6, 6.07) is 15.1. The van der Waals surface area contributed by atoms with Crippen molar-refractivity contribution < 1.29 is 24.4 Å². The number of hydrogen-bond acceptors (Lipinski definition) is 4. The molecule has 0 heterocycles. The van der Waals surface area contributed by atoms with Crippen LogP contribution in [0.15, 0.2) is 53.0 Å². The molecule has 3 N–H and O–H groups in total. The molecule has 7 heteroatoms. The summed E-state index contributed by atoms with van der Waals surface area (Å²) in [7, 11) is 1.36. The van der Waals surface area contributed by atoms with Crippen molar-refractivity contribution in [2.45, 2.75) is 13.0 Å². The maximum atomic E-state index is 11.9. The molecule has 1 atom stereocenters. The fourth-order valence-electron chi connectivity index (χ4n) is 2.58. The summed E-state index contributed by atoms with van der Waals surface area (Å²) in [6.07, 6.45) is -0.518. The van der Waals surface area contributed by atoms with E-state index in [2.05, 4.69) is 21.2 Å². The van der Waals surface area contributed by atoms with Crippen LogP contribution >= 0.6 is 15.9 Å². The van der Waals surface area contributed by atoms with Gasteiger partial charge in [0.2, 0.25) is 0 Å². The fourth-order valence-corrected chi connectivity index (χ4v) is 2.96. The molecule has 1 amide bonds. The summed E-state index contributed by atoms with van der Waals surface area (Å²) < 4.78 is 10.6. The van der Waals surface area contributed by atoms with Crippen molar-refractivity contribution in [3.8, 4) is 0 Å². The number of esters is 1. The number of carbonyl (C=O) groups excluding carboxylic acids is 2. The van der Waals surface area contributed by atoms with Crippen molar-refractivity contribution in [1.29, 1.82) is 0 Å². The molecule has 2 aromatic rings. The van der Waals surface area contributed by atoms with Gasteiger partial charge in [-0.3, -0.25) is 5.32 Å². The summed E-state index contributed by atoms with van der Waals surface area (Å²) in [4.78, 5) is 23.5. The van der Waals surface area contributed by atoms with E-state index in [1.54, 1.807) is 13.0 Å². The maximum Gasteiger partial charge on any atom is 0.411 e. The van der Waals surface area contributed by atoms with Crippen LogP contribution in [-0.2, 0) is 14.3 Å². The van der Waals surface area contributed by atoms with Gasteiger partial charge in [0.15, 0.2) is 6.54 Å². The van der Waals surface area contributed by atoms with Gasteiger partial charge >= 0.3 is 12.1 Å². The highest BCUT2D eigenvalue weighted by molar-refractivity contribution is 9.10. The van der Waals surface area contributed by atoms with Crippen LogP contribution in [0.2, 0.25) is 0 Å². The predicted molar refractivity (Wildman–Crippen MR) is 102 cm³/mol. The Balaban J connectivity index is 2.40. The van der Waals surface area contributed by atoms with E-state index in [-0.39, 0.29) is 25.2 Å². The molecule has 0 aromatic heterocycles. The Labute approximate surface area is 161 Å². The number of carbonyl (C=O) groups is 2. The smallest absolute Gasteiger partial charge is 0.411 e. The van der Waals surface area contributed by atoms with E-state index in [0.717, 1.165) is 15.6 Å². The Kier molecular flexibility index (Phi) is 7.62. The van der Waals surface area contributed by atoms with Gasteiger partial charge in [0.05, 0.1) is 19.4 Å². The van der Waals surface area contributed by atoms with E-state index >= 15 is 0 Å². The number of hydrogen-bond donors (Lipinski definition) is 2. The van der Waals surface area contributed by atoms with E-state index in [4.69, 9.17) is 9.47 Å². The second-order valence-corrected chi connectivity index (χ2v) is 6.40. The standard InChI is InChI=1S/C19H21BrN2O4/c1-3-26-19(24)22-16-10-9-14(20)11-15(16)18(21-12-17(23)25-2)13-7-5-4-6-8-13/h4-11,18,21H,3,12H2,1-2H3,(H,22,24)/p+1. The molecule has 1 unspecified atom stereocenters. The van der Waals surface area contributed by atoms with Crippen LogP contribution in [-0.4, -0.2) is 32.3 Å². The molecule has 0 saturated carbocycles. The Hall–Kier alpha value is -2.38. The molecule has 0 radical (unpaired) electrons. The molecule has 138 valence electrons. The van der Waals surface area contributed by atoms with E-state index in [1.165, 1.54) is 7.11 Å². The quantitative estimate of drug-likeness (QED) is 0.673. The van der Waals surface area contributed by atoms with Crippen LogP contribution in [0.1, 0.15) is 24.1 Å². The molecule has 0 bridgehead atoms. The van der Waals surface area contributed by atoms with Crippen molar-refractivity contribution >= 4 is 33.7 Å². The van der Waals surface area contributed by atoms with Gasteiger partial charge in [-0.15, -0.1) is 0 Å². The van der Waals surface area contributed by atoms with Gasteiger partial charge in [-0.05, 0) is 25.1 Å². The van der Waals surface area contributed by atoms with Crippen molar-refractivity contribution in [1.82, 2.24) is 0 Å². The van der Waals surface area contributed by atoms with Gasteiger partial charge in [-0.25, -0.2) is 9.59 Å². The highest BCUT2D eigenvalue weighted by Crippen LogP contribution is 2.29. The fraction of sp³-hybridized carbons (Fsp3) is 0.263. The molecule has 0 fully saturated rings. The lowest BCUT2D eigenvalue weighted by Crippen LogP contribution is -2.87. The molecule has 0 aliphatic rings. The summed E-state index contributed by atoms with van der Waals surface area (Å²) in [6.45, 7) is 2.19. The Morgan fingerprint density at radius 2 is 1.92 bits per heavy atom. The first-order valence-electron chi connectivity index (χ1n) is 8.23. The van der Waals surface area contributed by atoms with Gasteiger partial charge in [-0.1, -0.05) is 46.3 Å². The second-order valence-electron chi connectivity index (χ2n) is 5.48. The zero-order chi connectivity index (χ0) is 18.9. The SMILES string of the molecule is CCOC(=O)Nc1ccc(Br)cc1C([NH2+]CC(=O)OC)c1ccccc1. The first kappa shape index (κ1) is 19.9. The lowest BCUT2D eigenvalue weighted by atomic mass is 9.97. The molecular weight excluding hydrogens is 400 g/mol. The number of anilines is 1. The average Bonchev–Trinajstić information content (AvgIpc) is 2.64. The summed E-state index contributed by atoms with van der Waals surface area (Å²) in [5, 5.41) is 4.65. The van der Waals surface area contributed by atoms with Gasteiger partial charge in [0.1, 0.15) is 6.04 Å². The van der Waals surface area contributed by atoms with Crippen molar-refractivity contribution in [3.63, 3.8) is 0 Å². The third-order valence-electron chi connectivity index (χ3n) is 3.77. The minimum Gasteiger partial charge on any atom is -0.465 e. The highest BCUT2D eigenvalue weighted by atomic mass is 79.9. The van der Waals surface area contributed by atoms with E-state index in [9.17, 15) is 9.59 Å². The van der Waals surface area contributed by atoms with Crippen LogP contribution in [0.3, 0.4) is 0 Å². The number of nitrogens with two attached hydrogens (primary N) is 1. The third-order valence-corrected chi connectivity index (χ3v) is 4.26. The van der Waals surface area contributed by atoms with Gasteiger partial charge in [0.25, 0.3) is 0 Å². The molecule has 6 nitrogen and oxygen atoms in total. The van der Waals surface area contributed by atoms with Gasteiger partial charge in [-0.2, -0.15) is 0 Å². The van der Waals surface area contributed by atoms with Gasteiger partial charge in [0, 0.05) is 15.6 Å². The zero-order valence-corrected chi connectivity index (χ0v) is 16.3. The minimum atomic E-state index is -0.518. The normalized spacial score (nSPS) is 11.5. The number of amides is 1. The highest BCUT2D eigenvalue weighted by Gasteiger charge is 2.23. The lowest BCUT2D eigenvalue weighted by molar-refractivity contribution is -0.677. The Morgan fingerprint density at radius 1 is 1.19 bits per heavy atom. The molecule has 26 heavy (non-hydrogen) atoms. The Bertz CT molecular complexity index is 752. The van der Waals surface area contributed by atoms with Crippen LogP contribution in [0.25, 0.3) is 0 Å². The summed E-state index contributed by atoms with van der Waals surface area (Å²) >= 11 is 3.48. The minimum absolute atomic E-state index is 0.154. The van der Waals surface area contributed by atoms with Crippen molar-refractivity contribution in [2.24, 2.45) is 0 Å². The van der Waals surface area contributed by atoms with Crippen molar-refractivity contribution in [2.75, 3.05) is 25.6 Å². The number of methoxy groups -OCH3 is 1. The monoisotopic (exact) mass is 421 g/mol. The number of quaternary nitrogens is 1. The van der Waals surface area contributed by atoms with Crippen LogP contribution in [0.5, 0.6) is 0 Å². The van der Waals surface area contributed by atoms with E-state index in [1.807, 2.05) is 47.8 Å². The molecule has 2 rings (SSSR count). The van der Waals surface area contributed by atoms with Crippen LogP contribution < -0.4 is 10.6 Å². The number of rotatable bonds is 7. The topological polar surface area (TPSA) is 81.2 Å². The Morgan fingerprint density at radius 3 is 2.58 bits per heavy atom. The maximum absolute atomic E-state index is 11.9. The largest absolute Gasteiger partial charge is 0.465 e. The summed E-state index contributed by atoms with van der Waals surface area (Å²) in [5.41, 5.74) is 2.48. The first-order chi connectivity index (χ1) is 12.5. The lowest BCUT2D eigenvalue weighted by Gasteiger charge is -2.20. The number of halogens is 1. The predicted octanol–water partition coefficient (Wildman–Crippen LogP) is 2.84. The van der Waals surface area contributed by atoms with E-state index < -0.39 is 6.09 Å². The molecule has 0 aliphatic heterocycles. The van der Waals surface area contributed by atoms with Crippen LogP contribution in [0, 0.1) is 0 Å². The molecule has 0 aliphatic carbocycles. The van der Waals surface area contributed by atoms with Gasteiger partial charge < -0.3 is 14.8 Å². The first-order valence-corrected chi connectivity index (χ1v) is 9.02. The molecule has 0 saturated heterocycles. The average molecular weight is 422 g/mol. The van der Waals surface area contributed by atoms with E-state index in [0.29, 0.717) is 5.69 Å². The number of nitrogens with one attached hydrogen (secondary N) is 1. The van der Waals surface area contributed by atoms with Crippen molar-refractivity contribution in [3.05, 3.63) is 64.1 Å². The molecular formula is C19H22BrN2O4+. The third kappa shape index (κ3) is 5.57. The zero-order valence-electron chi connectivity index (χ0n) is 14.7. The van der Waals surface area contributed by atoms with Crippen LogP contribution in [0.4, 0.5) is 10.5 Å². The summed E-state index contributed by atoms with van der Waals surface area (Å²) in [5.74, 6) is -0.319. The number of benzene rings is 2.